The first kappa shape index (κ1) is 20.8. The maximum absolute atomic E-state index is 12.9. The molecule has 5 rings (SSSR count). The second-order valence-corrected chi connectivity index (χ2v) is 10.2. The van der Waals surface area contributed by atoms with Gasteiger partial charge in [-0.25, -0.2) is 8.42 Å². The van der Waals surface area contributed by atoms with Crippen molar-refractivity contribution in [2.24, 2.45) is 0 Å². The van der Waals surface area contributed by atoms with Crippen molar-refractivity contribution in [3.8, 4) is 0 Å². The molecule has 1 aromatic carbocycles. The van der Waals surface area contributed by atoms with Crippen molar-refractivity contribution in [3.05, 3.63) is 58.5 Å². The minimum absolute atomic E-state index is 0.0214. The number of pyridine rings is 1. The Kier molecular flexibility index (Phi) is 5.30. The standard InChI is InChI=1S/C21H24N6O4S/c28-27(29)19-14-17(32(30,31)25-11-3-4-12-25)8-9-18(19)24-10-5-6-16(15-24)21-23-22-20-7-1-2-13-26(20)21/h1-2,7-9,13-14,16H,3-6,10-12,15H2. The van der Waals surface area contributed by atoms with Gasteiger partial charge in [0, 0.05) is 44.4 Å². The summed E-state index contributed by atoms with van der Waals surface area (Å²) in [4.78, 5) is 13.3. The highest BCUT2D eigenvalue weighted by atomic mass is 32.2. The van der Waals surface area contributed by atoms with Gasteiger partial charge in [-0.1, -0.05) is 6.07 Å². The van der Waals surface area contributed by atoms with Gasteiger partial charge in [-0.05, 0) is 49.9 Å². The van der Waals surface area contributed by atoms with E-state index in [2.05, 4.69) is 10.2 Å². The van der Waals surface area contributed by atoms with E-state index in [1.54, 1.807) is 6.07 Å². The zero-order chi connectivity index (χ0) is 22.3. The second kappa shape index (κ2) is 8.14. The Morgan fingerprint density at radius 1 is 1.03 bits per heavy atom. The third-order valence-electron chi connectivity index (χ3n) is 6.31. The van der Waals surface area contributed by atoms with Gasteiger partial charge >= 0.3 is 0 Å². The Labute approximate surface area is 185 Å². The smallest absolute Gasteiger partial charge is 0.293 e. The molecule has 2 fully saturated rings. The summed E-state index contributed by atoms with van der Waals surface area (Å²) < 4.78 is 29.2. The lowest BCUT2D eigenvalue weighted by Crippen LogP contribution is -2.35. The Morgan fingerprint density at radius 3 is 2.62 bits per heavy atom. The predicted octanol–water partition coefficient (Wildman–Crippen LogP) is 2.81. The number of benzene rings is 1. The summed E-state index contributed by atoms with van der Waals surface area (Å²) in [6.45, 7) is 2.12. The first-order valence-electron chi connectivity index (χ1n) is 10.8. The third-order valence-corrected chi connectivity index (χ3v) is 8.21. The fourth-order valence-electron chi connectivity index (χ4n) is 4.70. The molecule has 0 amide bonds. The van der Waals surface area contributed by atoms with Crippen LogP contribution in [0.15, 0.2) is 47.5 Å². The highest BCUT2D eigenvalue weighted by Crippen LogP contribution is 2.36. The summed E-state index contributed by atoms with van der Waals surface area (Å²) >= 11 is 0. The van der Waals surface area contributed by atoms with Gasteiger partial charge < -0.3 is 4.90 Å². The lowest BCUT2D eigenvalue weighted by Gasteiger charge is -2.33. The molecule has 0 N–H and O–H groups in total. The van der Waals surface area contributed by atoms with E-state index in [1.807, 2.05) is 33.7 Å². The Hall–Kier alpha value is -3.05. The molecule has 0 spiro atoms. The maximum atomic E-state index is 12.9. The van der Waals surface area contributed by atoms with Crippen LogP contribution in [0.3, 0.4) is 0 Å². The van der Waals surface area contributed by atoms with Gasteiger partial charge in [0.2, 0.25) is 10.0 Å². The van der Waals surface area contributed by atoms with E-state index in [0.717, 1.165) is 37.2 Å². The van der Waals surface area contributed by atoms with Crippen LogP contribution in [-0.4, -0.2) is 58.4 Å². The molecule has 2 aliphatic heterocycles. The van der Waals surface area contributed by atoms with Crippen LogP contribution in [0.25, 0.3) is 5.65 Å². The molecule has 0 aliphatic carbocycles. The molecule has 32 heavy (non-hydrogen) atoms. The number of nitro benzene ring substituents is 1. The Bertz CT molecular complexity index is 1270. The summed E-state index contributed by atoms with van der Waals surface area (Å²) in [6, 6.07) is 9.99. The summed E-state index contributed by atoms with van der Waals surface area (Å²) in [6.07, 6.45) is 5.29. The summed E-state index contributed by atoms with van der Waals surface area (Å²) in [5, 5.41) is 20.5. The number of nitro groups is 1. The number of anilines is 1. The van der Waals surface area contributed by atoms with Crippen LogP contribution < -0.4 is 4.90 Å². The van der Waals surface area contributed by atoms with Gasteiger partial charge in [-0.3, -0.25) is 14.5 Å². The number of aromatic nitrogens is 3. The van der Waals surface area contributed by atoms with Crippen LogP contribution in [0.1, 0.15) is 37.4 Å². The number of rotatable bonds is 5. The first-order valence-corrected chi connectivity index (χ1v) is 12.2. The molecule has 2 aliphatic rings. The van der Waals surface area contributed by atoms with Gasteiger partial charge in [0.15, 0.2) is 5.65 Å². The lowest BCUT2D eigenvalue weighted by atomic mass is 9.96. The maximum Gasteiger partial charge on any atom is 0.293 e. The summed E-state index contributed by atoms with van der Waals surface area (Å²) in [5.41, 5.74) is 1.02. The van der Waals surface area contributed by atoms with Gasteiger partial charge in [0.25, 0.3) is 5.69 Å². The minimum atomic E-state index is -3.72. The van der Waals surface area contributed by atoms with Gasteiger partial charge in [0.1, 0.15) is 11.5 Å². The minimum Gasteiger partial charge on any atom is -0.365 e. The molecule has 1 unspecified atom stereocenters. The Balaban J connectivity index is 1.46. The van der Waals surface area contributed by atoms with Crippen molar-refractivity contribution in [3.63, 3.8) is 0 Å². The molecule has 0 radical (unpaired) electrons. The van der Waals surface area contributed by atoms with Crippen LogP contribution in [-0.2, 0) is 10.0 Å². The second-order valence-electron chi connectivity index (χ2n) is 8.29. The number of fused-ring (bicyclic) bond motifs is 1. The lowest BCUT2D eigenvalue weighted by molar-refractivity contribution is -0.384. The third kappa shape index (κ3) is 3.61. The highest BCUT2D eigenvalue weighted by Gasteiger charge is 2.32. The van der Waals surface area contributed by atoms with Gasteiger partial charge in [-0.15, -0.1) is 10.2 Å². The van der Waals surface area contributed by atoms with Crippen molar-refractivity contribution in [2.75, 3.05) is 31.1 Å². The summed E-state index contributed by atoms with van der Waals surface area (Å²) in [5.74, 6) is 0.898. The van der Waals surface area contributed by atoms with Crippen molar-refractivity contribution < 1.29 is 13.3 Å². The molecule has 2 saturated heterocycles. The fourth-order valence-corrected chi connectivity index (χ4v) is 6.24. The van der Waals surface area contributed by atoms with E-state index in [0.29, 0.717) is 31.9 Å². The molecule has 168 valence electrons. The molecule has 0 bridgehead atoms. The number of piperidine rings is 1. The van der Waals surface area contributed by atoms with Crippen LogP contribution in [0.4, 0.5) is 11.4 Å². The molecule has 0 saturated carbocycles. The quantitative estimate of drug-likeness (QED) is 0.428. The number of nitrogens with zero attached hydrogens (tertiary/aromatic N) is 6. The summed E-state index contributed by atoms with van der Waals surface area (Å²) in [7, 11) is -3.72. The van der Waals surface area contributed by atoms with Crippen molar-refractivity contribution in [1.82, 2.24) is 18.9 Å². The monoisotopic (exact) mass is 456 g/mol. The SMILES string of the molecule is O=[N+]([O-])c1cc(S(=O)(=O)N2CCCC2)ccc1N1CCCC(c2nnc3ccccn23)C1. The predicted molar refractivity (Wildman–Crippen MR) is 118 cm³/mol. The van der Waals surface area contributed by atoms with E-state index in [-0.39, 0.29) is 16.5 Å². The number of hydrogen-bond donors (Lipinski definition) is 0. The zero-order valence-corrected chi connectivity index (χ0v) is 18.3. The van der Waals surface area contributed by atoms with Crippen LogP contribution >= 0.6 is 0 Å². The first-order chi connectivity index (χ1) is 15.4. The largest absolute Gasteiger partial charge is 0.365 e. The van der Waals surface area contributed by atoms with Crippen LogP contribution in [0, 0.1) is 10.1 Å². The van der Waals surface area contributed by atoms with Gasteiger partial charge in [0.05, 0.1) is 9.82 Å². The van der Waals surface area contributed by atoms with Crippen molar-refractivity contribution in [1.29, 1.82) is 0 Å². The van der Waals surface area contributed by atoms with Crippen molar-refractivity contribution >= 4 is 27.0 Å². The zero-order valence-electron chi connectivity index (χ0n) is 17.5. The van der Waals surface area contributed by atoms with Crippen LogP contribution in [0.5, 0.6) is 0 Å². The topological polar surface area (TPSA) is 114 Å². The average molecular weight is 457 g/mol. The Morgan fingerprint density at radius 2 is 1.84 bits per heavy atom. The molecule has 10 nitrogen and oxygen atoms in total. The van der Waals surface area contributed by atoms with Crippen LogP contribution in [0.2, 0.25) is 0 Å². The molecular formula is C21H24N6O4S. The number of hydrogen-bond acceptors (Lipinski definition) is 7. The molecule has 2 aromatic heterocycles. The fraction of sp³-hybridized carbons (Fsp3) is 0.429. The van der Waals surface area contributed by atoms with E-state index >= 15 is 0 Å². The van der Waals surface area contributed by atoms with E-state index in [1.165, 1.54) is 16.4 Å². The highest BCUT2D eigenvalue weighted by molar-refractivity contribution is 7.89. The molecular weight excluding hydrogens is 432 g/mol. The molecule has 3 aromatic rings. The van der Waals surface area contributed by atoms with Gasteiger partial charge in [-0.2, -0.15) is 4.31 Å². The van der Waals surface area contributed by atoms with E-state index < -0.39 is 14.9 Å². The van der Waals surface area contributed by atoms with E-state index in [9.17, 15) is 18.5 Å². The average Bonchev–Trinajstić information content (AvgIpc) is 3.49. The normalized spacial score (nSPS) is 20.1. The molecule has 1 atom stereocenters. The molecule has 11 heteroatoms. The molecule has 4 heterocycles. The van der Waals surface area contributed by atoms with Crippen molar-refractivity contribution in [2.45, 2.75) is 36.5 Å². The van der Waals surface area contributed by atoms with E-state index in [4.69, 9.17) is 0 Å². The number of sulfonamides is 1.